The largest absolute Gasteiger partial charge is 0.461 e. The summed E-state index contributed by atoms with van der Waals surface area (Å²) in [5.74, 6) is -0.101. The first-order valence-electron chi connectivity index (χ1n) is 6.94. The number of ether oxygens (including phenoxy) is 1. The van der Waals surface area contributed by atoms with E-state index in [-0.39, 0.29) is 17.6 Å². The van der Waals surface area contributed by atoms with Crippen molar-refractivity contribution in [2.45, 2.75) is 19.4 Å². The van der Waals surface area contributed by atoms with Gasteiger partial charge in [0.25, 0.3) is 0 Å². The smallest absolute Gasteiger partial charge is 0.358 e. The number of halogens is 1. The van der Waals surface area contributed by atoms with E-state index >= 15 is 0 Å². The van der Waals surface area contributed by atoms with Gasteiger partial charge in [0, 0.05) is 12.7 Å². The molecule has 1 unspecified atom stereocenters. The molecule has 0 fully saturated rings. The Hall–Kier alpha value is -2.37. The number of imidazole rings is 1. The van der Waals surface area contributed by atoms with Gasteiger partial charge in [-0.2, -0.15) is 0 Å². The molecule has 1 aromatic carbocycles. The van der Waals surface area contributed by atoms with Crippen LogP contribution < -0.4 is 5.32 Å². The number of fused-ring (bicyclic) bond motifs is 1. The number of benzene rings is 1. The van der Waals surface area contributed by atoms with Crippen molar-refractivity contribution in [3.8, 4) is 0 Å². The molecule has 0 spiro atoms. The number of esters is 1. The van der Waals surface area contributed by atoms with Gasteiger partial charge in [0.05, 0.1) is 12.6 Å². The minimum Gasteiger partial charge on any atom is -0.461 e. The molecule has 110 valence electrons. The third kappa shape index (κ3) is 2.61. The van der Waals surface area contributed by atoms with Gasteiger partial charge in [0.2, 0.25) is 5.95 Å². The summed E-state index contributed by atoms with van der Waals surface area (Å²) in [6, 6.07) is 6.48. The molecule has 5 nitrogen and oxygen atoms in total. The lowest BCUT2D eigenvalue weighted by Gasteiger charge is -2.26. The van der Waals surface area contributed by atoms with E-state index in [1.54, 1.807) is 19.2 Å². The molecule has 6 heteroatoms. The maximum Gasteiger partial charge on any atom is 0.358 e. The maximum absolute atomic E-state index is 13.4. The predicted molar refractivity (Wildman–Crippen MR) is 75.8 cm³/mol. The van der Waals surface area contributed by atoms with Crippen molar-refractivity contribution in [2.75, 3.05) is 18.5 Å². The Balaban J connectivity index is 1.96. The molecular formula is C15H16FN3O2. The average Bonchev–Trinajstić information content (AvgIpc) is 2.91. The lowest BCUT2D eigenvalue weighted by Crippen LogP contribution is -2.23. The summed E-state index contributed by atoms with van der Waals surface area (Å²) in [5, 5.41) is 3.14. The monoisotopic (exact) mass is 289 g/mol. The van der Waals surface area contributed by atoms with Gasteiger partial charge < -0.3 is 14.6 Å². The Morgan fingerprint density at radius 2 is 2.43 bits per heavy atom. The molecule has 3 rings (SSSR count). The second kappa shape index (κ2) is 5.55. The van der Waals surface area contributed by atoms with Crippen LogP contribution in [-0.4, -0.2) is 28.7 Å². The topological polar surface area (TPSA) is 56.2 Å². The van der Waals surface area contributed by atoms with Gasteiger partial charge in [-0.05, 0) is 31.0 Å². The number of anilines is 1. The molecule has 1 aliphatic rings. The molecular weight excluding hydrogens is 273 g/mol. The van der Waals surface area contributed by atoms with Crippen molar-refractivity contribution < 1.29 is 13.9 Å². The Morgan fingerprint density at radius 3 is 3.19 bits per heavy atom. The zero-order valence-corrected chi connectivity index (χ0v) is 11.7. The van der Waals surface area contributed by atoms with E-state index in [0.717, 1.165) is 18.5 Å². The standard InChI is InChI=1S/C15H16FN3O2/c1-2-21-14(20)12-9-19-13(6-7-17-15(19)18-12)10-4-3-5-11(16)8-10/h3-5,8-9,13H,2,6-7H2,1H3,(H,17,18). The SMILES string of the molecule is CCOC(=O)c1cn2c(n1)NCCC2c1cccc(F)c1. The van der Waals surface area contributed by atoms with Crippen molar-refractivity contribution in [3.63, 3.8) is 0 Å². The number of carbonyl (C=O) groups is 1. The first-order chi connectivity index (χ1) is 10.2. The summed E-state index contributed by atoms with van der Waals surface area (Å²) in [6.45, 7) is 2.78. The van der Waals surface area contributed by atoms with Crippen LogP contribution in [0, 0.1) is 5.82 Å². The third-order valence-electron chi connectivity index (χ3n) is 3.49. The van der Waals surface area contributed by atoms with E-state index < -0.39 is 5.97 Å². The second-order valence-electron chi connectivity index (χ2n) is 4.86. The Kier molecular flexibility index (Phi) is 3.60. The Labute approximate surface area is 121 Å². The van der Waals surface area contributed by atoms with Crippen LogP contribution in [-0.2, 0) is 4.74 Å². The van der Waals surface area contributed by atoms with Crippen molar-refractivity contribution in [1.82, 2.24) is 9.55 Å². The van der Waals surface area contributed by atoms with Crippen LogP contribution in [0.2, 0.25) is 0 Å². The van der Waals surface area contributed by atoms with Gasteiger partial charge in [-0.15, -0.1) is 0 Å². The molecule has 2 heterocycles. The van der Waals surface area contributed by atoms with Crippen LogP contribution in [0.5, 0.6) is 0 Å². The maximum atomic E-state index is 13.4. The van der Waals surface area contributed by atoms with E-state index in [1.165, 1.54) is 12.1 Å². The van der Waals surface area contributed by atoms with Gasteiger partial charge in [-0.3, -0.25) is 0 Å². The molecule has 0 aliphatic carbocycles. The highest BCUT2D eigenvalue weighted by molar-refractivity contribution is 5.87. The summed E-state index contributed by atoms with van der Waals surface area (Å²) in [6.07, 6.45) is 2.46. The van der Waals surface area contributed by atoms with E-state index in [1.807, 2.05) is 10.6 Å². The first kappa shape index (κ1) is 13.6. The summed E-state index contributed by atoms with van der Waals surface area (Å²) < 4.78 is 20.2. The quantitative estimate of drug-likeness (QED) is 0.882. The zero-order chi connectivity index (χ0) is 14.8. The van der Waals surface area contributed by atoms with Crippen molar-refractivity contribution >= 4 is 11.9 Å². The van der Waals surface area contributed by atoms with E-state index in [4.69, 9.17) is 4.74 Å². The number of carbonyl (C=O) groups excluding carboxylic acids is 1. The fraction of sp³-hybridized carbons (Fsp3) is 0.333. The number of nitrogens with one attached hydrogen (secondary N) is 1. The third-order valence-corrected chi connectivity index (χ3v) is 3.49. The first-order valence-corrected chi connectivity index (χ1v) is 6.94. The van der Waals surface area contributed by atoms with E-state index in [9.17, 15) is 9.18 Å². The lowest BCUT2D eigenvalue weighted by atomic mass is 10.0. The predicted octanol–water partition coefficient (Wildman–Crippen LogP) is 2.60. The Morgan fingerprint density at radius 1 is 1.57 bits per heavy atom. The van der Waals surface area contributed by atoms with Crippen molar-refractivity contribution in [3.05, 3.63) is 47.5 Å². The van der Waals surface area contributed by atoms with Gasteiger partial charge >= 0.3 is 5.97 Å². The molecule has 1 N–H and O–H groups in total. The van der Waals surface area contributed by atoms with Gasteiger partial charge in [0.15, 0.2) is 5.69 Å². The number of hydrogen-bond acceptors (Lipinski definition) is 4. The van der Waals surface area contributed by atoms with Crippen molar-refractivity contribution in [1.29, 1.82) is 0 Å². The normalized spacial score (nSPS) is 17.0. The highest BCUT2D eigenvalue weighted by Gasteiger charge is 2.25. The minimum absolute atomic E-state index is 0.0346. The molecule has 0 amide bonds. The van der Waals surface area contributed by atoms with Crippen molar-refractivity contribution in [2.24, 2.45) is 0 Å². The minimum atomic E-state index is -0.445. The molecule has 2 aromatic rings. The summed E-state index contributed by atoms with van der Waals surface area (Å²) in [7, 11) is 0. The molecule has 1 aliphatic heterocycles. The van der Waals surface area contributed by atoms with Crippen LogP contribution in [0.3, 0.4) is 0 Å². The summed E-state index contributed by atoms with van der Waals surface area (Å²) in [4.78, 5) is 16.0. The molecule has 0 saturated heterocycles. The Bertz CT molecular complexity index is 669. The fourth-order valence-corrected chi connectivity index (χ4v) is 2.57. The number of hydrogen-bond donors (Lipinski definition) is 1. The molecule has 1 atom stereocenters. The highest BCUT2D eigenvalue weighted by atomic mass is 19.1. The van der Waals surface area contributed by atoms with Crippen LogP contribution in [0.4, 0.5) is 10.3 Å². The van der Waals surface area contributed by atoms with E-state index in [2.05, 4.69) is 10.3 Å². The second-order valence-corrected chi connectivity index (χ2v) is 4.86. The van der Waals surface area contributed by atoms with Crippen LogP contribution in [0.1, 0.15) is 35.4 Å². The summed E-state index contributed by atoms with van der Waals surface area (Å²) >= 11 is 0. The zero-order valence-electron chi connectivity index (χ0n) is 11.7. The van der Waals surface area contributed by atoms with Gasteiger partial charge in [-0.25, -0.2) is 14.2 Å². The van der Waals surface area contributed by atoms with Crippen LogP contribution in [0.15, 0.2) is 30.5 Å². The molecule has 0 radical (unpaired) electrons. The van der Waals surface area contributed by atoms with Crippen LogP contribution in [0.25, 0.3) is 0 Å². The van der Waals surface area contributed by atoms with E-state index in [0.29, 0.717) is 12.6 Å². The molecule has 21 heavy (non-hydrogen) atoms. The summed E-state index contributed by atoms with van der Waals surface area (Å²) in [5.41, 5.74) is 1.13. The highest BCUT2D eigenvalue weighted by Crippen LogP contribution is 2.30. The molecule has 0 bridgehead atoms. The van der Waals surface area contributed by atoms with Crippen LogP contribution >= 0.6 is 0 Å². The average molecular weight is 289 g/mol. The lowest BCUT2D eigenvalue weighted by molar-refractivity contribution is 0.0520. The fourth-order valence-electron chi connectivity index (χ4n) is 2.57. The van der Waals surface area contributed by atoms with Gasteiger partial charge in [-0.1, -0.05) is 12.1 Å². The number of nitrogens with zero attached hydrogens (tertiary/aromatic N) is 2. The number of rotatable bonds is 3. The number of aromatic nitrogens is 2. The molecule has 1 aromatic heterocycles. The van der Waals surface area contributed by atoms with Gasteiger partial charge in [0.1, 0.15) is 5.82 Å². The molecule has 0 saturated carbocycles.